The molecule has 0 aromatic heterocycles. The second-order valence-corrected chi connectivity index (χ2v) is 2.62. The molecule has 0 bridgehead atoms. The average Bonchev–Trinajstić information content (AvgIpc) is 1.98. The zero-order chi connectivity index (χ0) is 8.85. The van der Waals surface area contributed by atoms with E-state index in [0.29, 0.717) is 12.0 Å². The quantitative estimate of drug-likeness (QED) is 0.495. The van der Waals surface area contributed by atoms with Gasteiger partial charge in [-0.1, -0.05) is 13.5 Å². The normalized spacial score (nSPS) is 9.82. The van der Waals surface area contributed by atoms with Gasteiger partial charge in [0.1, 0.15) is 0 Å². The molecule has 1 N–H and O–H groups in total. The van der Waals surface area contributed by atoms with E-state index in [4.69, 9.17) is 0 Å². The molecule has 0 rings (SSSR count). The van der Waals surface area contributed by atoms with Gasteiger partial charge in [0, 0.05) is 11.6 Å². The third-order valence-electron chi connectivity index (χ3n) is 1.10. The Morgan fingerprint density at radius 3 is 2.55 bits per heavy atom. The van der Waals surface area contributed by atoms with Crippen LogP contribution < -0.4 is 5.48 Å². The fraction of sp³-hybridized carbons (Fsp3) is 0.625. The third kappa shape index (κ3) is 4.56. The van der Waals surface area contributed by atoms with Crippen molar-refractivity contribution < 1.29 is 9.63 Å². The lowest BCUT2D eigenvalue weighted by Gasteiger charge is -2.08. The molecule has 0 radical (unpaired) electrons. The van der Waals surface area contributed by atoms with Crippen molar-refractivity contribution in [2.75, 3.05) is 0 Å². The average molecular weight is 157 g/mol. The SMILES string of the molecule is C=C(CC)C(=O)ONC(C)C. The van der Waals surface area contributed by atoms with Crippen molar-refractivity contribution in [2.24, 2.45) is 0 Å². The van der Waals surface area contributed by atoms with Crippen LogP contribution in [0.1, 0.15) is 27.2 Å². The highest BCUT2D eigenvalue weighted by molar-refractivity contribution is 5.87. The topological polar surface area (TPSA) is 38.3 Å². The first-order chi connectivity index (χ1) is 5.07. The zero-order valence-corrected chi connectivity index (χ0v) is 7.31. The molecule has 64 valence electrons. The molecule has 0 spiro atoms. The van der Waals surface area contributed by atoms with Crippen LogP contribution in [0.2, 0.25) is 0 Å². The maximum atomic E-state index is 10.9. The smallest absolute Gasteiger partial charge is 0.352 e. The van der Waals surface area contributed by atoms with Crippen molar-refractivity contribution in [1.82, 2.24) is 5.48 Å². The van der Waals surface area contributed by atoms with Gasteiger partial charge in [-0.3, -0.25) is 0 Å². The number of carbonyl (C=O) groups excluding carboxylic acids is 1. The van der Waals surface area contributed by atoms with E-state index in [9.17, 15) is 4.79 Å². The predicted molar refractivity (Wildman–Crippen MR) is 43.8 cm³/mol. The number of rotatable bonds is 4. The lowest BCUT2D eigenvalue weighted by molar-refractivity contribution is -0.147. The first-order valence-electron chi connectivity index (χ1n) is 3.72. The van der Waals surface area contributed by atoms with Crippen LogP contribution in [0, 0.1) is 0 Å². The van der Waals surface area contributed by atoms with Crippen molar-refractivity contribution in [2.45, 2.75) is 33.2 Å². The van der Waals surface area contributed by atoms with Gasteiger partial charge in [0.05, 0.1) is 0 Å². The second-order valence-electron chi connectivity index (χ2n) is 2.62. The van der Waals surface area contributed by atoms with Crippen molar-refractivity contribution in [3.63, 3.8) is 0 Å². The first kappa shape index (κ1) is 10.2. The summed E-state index contributed by atoms with van der Waals surface area (Å²) in [6.45, 7) is 9.18. The van der Waals surface area contributed by atoms with Crippen LogP contribution in [0.15, 0.2) is 12.2 Å². The molecule has 0 aliphatic carbocycles. The van der Waals surface area contributed by atoms with E-state index in [-0.39, 0.29) is 12.0 Å². The van der Waals surface area contributed by atoms with Crippen LogP contribution in [0.4, 0.5) is 0 Å². The Hall–Kier alpha value is -0.830. The van der Waals surface area contributed by atoms with Crippen LogP contribution in [-0.2, 0) is 9.63 Å². The van der Waals surface area contributed by atoms with E-state index in [0.717, 1.165) is 0 Å². The molecule has 0 aliphatic heterocycles. The molecule has 0 amide bonds. The summed E-state index contributed by atoms with van der Waals surface area (Å²) in [6, 6.07) is 0.142. The van der Waals surface area contributed by atoms with Crippen LogP contribution in [0.5, 0.6) is 0 Å². The summed E-state index contributed by atoms with van der Waals surface area (Å²) in [5.74, 6) is -0.374. The Kier molecular flexibility index (Phi) is 4.54. The van der Waals surface area contributed by atoms with Crippen molar-refractivity contribution in [3.8, 4) is 0 Å². The van der Waals surface area contributed by atoms with Crippen molar-refractivity contribution in [1.29, 1.82) is 0 Å². The maximum Gasteiger partial charge on any atom is 0.352 e. The van der Waals surface area contributed by atoms with E-state index in [1.165, 1.54) is 0 Å². The Labute approximate surface area is 67.4 Å². The molecule has 0 fully saturated rings. The van der Waals surface area contributed by atoms with E-state index in [1.807, 2.05) is 20.8 Å². The van der Waals surface area contributed by atoms with Gasteiger partial charge in [0.15, 0.2) is 0 Å². The van der Waals surface area contributed by atoms with Gasteiger partial charge in [-0.05, 0) is 20.3 Å². The number of carbonyl (C=O) groups is 1. The number of hydrogen-bond donors (Lipinski definition) is 1. The highest BCUT2D eigenvalue weighted by atomic mass is 16.7. The molecule has 3 heteroatoms. The van der Waals surface area contributed by atoms with Gasteiger partial charge < -0.3 is 4.84 Å². The number of hydrogen-bond acceptors (Lipinski definition) is 3. The third-order valence-corrected chi connectivity index (χ3v) is 1.10. The number of hydroxylamine groups is 1. The molecule has 0 saturated heterocycles. The lowest BCUT2D eigenvalue weighted by Crippen LogP contribution is -2.27. The summed E-state index contributed by atoms with van der Waals surface area (Å²) in [4.78, 5) is 15.6. The van der Waals surface area contributed by atoms with E-state index < -0.39 is 0 Å². The molecule has 0 aromatic carbocycles. The van der Waals surface area contributed by atoms with Crippen LogP contribution in [0.3, 0.4) is 0 Å². The van der Waals surface area contributed by atoms with E-state index in [2.05, 4.69) is 16.9 Å². The highest BCUT2D eigenvalue weighted by Crippen LogP contribution is 1.97. The Bertz CT molecular complexity index is 152. The number of nitrogens with one attached hydrogen (secondary N) is 1. The van der Waals surface area contributed by atoms with Gasteiger partial charge in [-0.25, -0.2) is 4.79 Å². The minimum atomic E-state index is -0.374. The van der Waals surface area contributed by atoms with Crippen LogP contribution in [-0.4, -0.2) is 12.0 Å². The summed E-state index contributed by atoms with van der Waals surface area (Å²) < 4.78 is 0. The second kappa shape index (κ2) is 4.91. The molecule has 0 unspecified atom stereocenters. The largest absolute Gasteiger partial charge is 0.367 e. The highest BCUT2D eigenvalue weighted by Gasteiger charge is 2.06. The molecule has 0 atom stereocenters. The standard InChI is InChI=1S/C8H15NO2/c1-5-7(4)8(10)11-9-6(2)3/h6,9H,4-5H2,1-3H3. The maximum absolute atomic E-state index is 10.9. The first-order valence-corrected chi connectivity index (χ1v) is 3.72. The van der Waals surface area contributed by atoms with Crippen LogP contribution in [0.25, 0.3) is 0 Å². The monoisotopic (exact) mass is 157 g/mol. The molecule has 0 saturated carbocycles. The van der Waals surface area contributed by atoms with E-state index >= 15 is 0 Å². The van der Waals surface area contributed by atoms with Gasteiger partial charge >= 0.3 is 5.97 Å². The minimum Gasteiger partial charge on any atom is -0.367 e. The molecule has 11 heavy (non-hydrogen) atoms. The molecular formula is C8H15NO2. The van der Waals surface area contributed by atoms with Crippen LogP contribution >= 0.6 is 0 Å². The summed E-state index contributed by atoms with van der Waals surface area (Å²) in [5, 5.41) is 0. The van der Waals surface area contributed by atoms with Crippen molar-refractivity contribution >= 4 is 5.97 Å². The molecule has 0 aliphatic rings. The summed E-state index contributed by atoms with van der Waals surface area (Å²) >= 11 is 0. The van der Waals surface area contributed by atoms with Gasteiger partial charge in [-0.15, -0.1) is 0 Å². The fourth-order valence-corrected chi connectivity index (χ4v) is 0.388. The molecule has 0 heterocycles. The van der Waals surface area contributed by atoms with E-state index in [1.54, 1.807) is 0 Å². The Morgan fingerprint density at radius 1 is 1.64 bits per heavy atom. The van der Waals surface area contributed by atoms with Gasteiger partial charge in [0.25, 0.3) is 0 Å². The molecule has 3 nitrogen and oxygen atoms in total. The minimum absolute atomic E-state index is 0.142. The summed E-state index contributed by atoms with van der Waals surface area (Å²) in [5.41, 5.74) is 3.03. The van der Waals surface area contributed by atoms with Gasteiger partial charge in [-0.2, -0.15) is 5.48 Å². The van der Waals surface area contributed by atoms with Crippen molar-refractivity contribution in [3.05, 3.63) is 12.2 Å². The zero-order valence-electron chi connectivity index (χ0n) is 7.31. The summed E-state index contributed by atoms with van der Waals surface area (Å²) in [6.07, 6.45) is 0.624. The molecular weight excluding hydrogens is 142 g/mol. The fourth-order valence-electron chi connectivity index (χ4n) is 0.388. The Balaban J connectivity index is 3.61. The Morgan fingerprint density at radius 2 is 2.18 bits per heavy atom. The predicted octanol–water partition coefficient (Wildman–Crippen LogP) is 1.41. The van der Waals surface area contributed by atoms with Gasteiger partial charge in [0.2, 0.25) is 0 Å². The molecule has 0 aromatic rings. The summed E-state index contributed by atoms with van der Waals surface area (Å²) in [7, 11) is 0. The lowest BCUT2D eigenvalue weighted by atomic mass is 10.2.